The average molecular weight is 396 g/mol. The van der Waals surface area contributed by atoms with Crippen molar-refractivity contribution >= 4 is 30.9 Å². The molecule has 0 aliphatic carbocycles. The van der Waals surface area contributed by atoms with Crippen LogP contribution < -0.4 is 4.90 Å². The number of carboxylic acid groups (broad SMARTS) is 1. The van der Waals surface area contributed by atoms with Gasteiger partial charge in [0.25, 0.3) is 0 Å². The molecule has 28 heavy (non-hydrogen) atoms. The van der Waals surface area contributed by atoms with Gasteiger partial charge in [-0.2, -0.15) is 0 Å². The molecule has 148 valence electrons. The molecule has 6 heteroatoms. The molecule has 0 radical (unpaired) electrons. The largest absolute Gasteiger partial charge is 0.478 e. The van der Waals surface area contributed by atoms with Crippen LogP contribution in [0, 0.1) is 0 Å². The SMILES string of the molecule is CN(C)c1ccc(-c2cnc3c(c2)c(C(=O)O)cn3[Si](C)(C)C(C)(C)C)cc1. The highest BCUT2D eigenvalue weighted by Crippen LogP contribution is 2.39. The van der Waals surface area contributed by atoms with Crippen LogP contribution in [-0.4, -0.2) is 42.6 Å². The van der Waals surface area contributed by atoms with Crippen LogP contribution in [0.3, 0.4) is 0 Å². The van der Waals surface area contributed by atoms with Crippen LogP contribution in [0.4, 0.5) is 5.69 Å². The first-order chi connectivity index (χ1) is 12.9. The van der Waals surface area contributed by atoms with Crippen LogP contribution in [0.25, 0.3) is 22.2 Å². The number of hydrogen-bond acceptors (Lipinski definition) is 3. The minimum absolute atomic E-state index is 0.0666. The third kappa shape index (κ3) is 3.33. The summed E-state index contributed by atoms with van der Waals surface area (Å²) >= 11 is 0. The van der Waals surface area contributed by atoms with E-state index in [1.807, 2.05) is 43.4 Å². The third-order valence-corrected chi connectivity index (χ3v) is 11.2. The smallest absolute Gasteiger partial charge is 0.337 e. The standard InChI is InChI=1S/C22H29N3O2Si/c1-22(2,3)28(6,7)25-14-19(21(26)27)18-12-16(13-23-20(18)25)15-8-10-17(11-9-15)24(4)5/h8-14H,1-7H3,(H,26,27). The van der Waals surface area contributed by atoms with Crippen LogP contribution in [-0.2, 0) is 0 Å². The normalized spacial score (nSPS) is 12.4. The van der Waals surface area contributed by atoms with E-state index in [2.05, 4.69) is 50.2 Å². The van der Waals surface area contributed by atoms with Gasteiger partial charge in [-0.15, -0.1) is 0 Å². The number of carbonyl (C=O) groups is 1. The second kappa shape index (κ2) is 6.78. The summed E-state index contributed by atoms with van der Waals surface area (Å²) in [4.78, 5) is 18.7. The Morgan fingerprint density at radius 3 is 2.21 bits per heavy atom. The van der Waals surface area contributed by atoms with Gasteiger partial charge in [-0.1, -0.05) is 46.0 Å². The Morgan fingerprint density at radius 1 is 1.11 bits per heavy atom. The third-order valence-electron chi connectivity index (χ3n) is 6.03. The molecule has 0 amide bonds. The highest BCUT2D eigenvalue weighted by Gasteiger charge is 2.39. The fourth-order valence-electron chi connectivity index (χ4n) is 3.18. The van der Waals surface area contributed by atoms with Gasteiger partial charge in [-0.25, -0.2) is 9.78 Å². The number of hydrogen-bond donors (Lipinski definition) is 1. The van der Waals surface area contributed by atoms with E-state index >= 15 is 0 Å². The molecule has 1 N–H and O–H groups in total. The van der Waals surface area contributed by atoms with Crippen molar-refractivity contribution in [2.75, 3.05) is 19.0 Å². The summed E-state index contributed by atoms with van der Waals surface area (Å²) in [6.07, 6.45) is 3.64. The zero-order chi connectivity index (χ0) is 20.9. The molecule has 1 aromatic carbocycles. The number of rotatable bonds is 4. The number of anilines is 1. The van der Waals surface area contributed by atoms with E-state index in [9.17, 15) is 9.90 Å². The molecule has 3 rings (SSSR count). The van der Waals surface area contributed by atoms with Gasteiger partial charge in [0.15, 0.2) is 8.24 Å². The Balaban J connectivity index is 2.19. The topological polar surface area (TPSA) is 58.4 Å². The van der Waals surface area contributed by atoms with Gasteiger partial charge in [0.1, 0.15) is 5.65 Å². The maximum Gasteiger partial charge on any atom is 0.337 e. The molecule has 3 aromatic rings. The van der Waals surface area contributed by atoms with E-state index in [0.717, 1.165) is 22.5 Å². The summed E-state index contributed by atoms with van der Waals surface area (Å²) < 4.78 is 2.14. The Kier molecular flexibility index (Phi) is 4.87. The quantitative estimate of drug-likeness (QED) is 0.607. The number of benzene rings is 1. The summed E-state index contributed by atoms with van der Waals surface area (Å²) in [6.45, 7) is 11.2. The lowest BCUT2D eigenvalue weighted by Crippen LogP contribution is -2.45. The van der Waals surface area contributed by atoms with Crippen molar-refractivity contribution in [1.82, 2.24) is 9.22 Å². The number of nitrogens with zero attached hydrogens (tertiary/aromatic N) is 3. The van der Waals surface area contributed by atoms with Gasteiger partial charge >= 0.3 is 5.97 Å². The first-order valence-corrected chi connectivity index (χ1v) is 12.4. The zero-order valence-electron chi connectivity index (χ0n) is 17.7. The molecule has 0 unspecified atom stereocenters. The van der Waals surface area contributed by atoms with Gasteiger partial charge in [0, 0.05) is 43.1 Å². The number of pyridine rings is 1. The fraction of sp³-hybridized carbons (Fsp3) is 0.364. The van der Waals surface area contributed by atoms with Crippen molar-refractivity contribution < 1.29 is 9.90 Å². The van der Waals surface area contributed by atoms with Crippen molar-refractivity contribution in [2.24, 2.45) is 0 Å². The molecule has 0 spiro atoms. The number of fused-ring (bicyclic) bond motifs is 1. The molecule has 5 nitrogen and oxygen atoms in total. The molecule has 0 aliphatic heterocycles. The predicted molar refractivity (Wildman–Crippen MR) is 119 cm³/mol. The lowest BCUT2D eigenvalue weighted by Gasteiger charge is -2.38. The highest BCUT2D eigenvalue weighted by molar-refractivity contribution is 6.79. The molecule has 0 aliphatic rings. The van der Waals surface area contributed by atoms with Crippen molar-refractivity contribution in [3.05, 3.63) is 48.3 Å². The van der Waals surface area contributed by atoms with Gasteiger partial charge < -0.3 is 14.2 Å². The van der Waals surface area contributed by atoms with Crippen LogP contribution >= 0.6 is 0 Å². The van der Waals surface area contributed by atoms with Gasteiger partial charge in [0.05, 0.1) is 5.56 Å². The maximum absolute atomic E-state index is 11.9. The molecular weight excluding hydrogens is 366 g/mol. The number of aromatic carboxylic acids is 1. The van der Waals surface area contributed by atoms with Crippen LogP contribution in [0.2, 0.25) is 18.1 Å². The number of aromatic nitrogens is 2. The first kappa shape index (κ1) is 20.1. The summed E-state index contributed by atoms with van der Waals surface area (Å²) in [5.74, 6) is -0.913. The second-order valence-corrected chi connectivity index (χ2v) is 14.2. The van der Waals surface area contributed by atoms with E-state index in [1.165, 1.54) is 0 Å². The zero-order valence-corrected chi connectivity index (χ0v) is 18.7. The summed E-state index contributed by atoms with van der Waals surface area (Å²) in [5.41, 5.74) is 4.15. The van der Waals surface area contributed by atoms with Crippen molar-refractivity contribution in [2.45, 2.75) is 38.9 Å². The Bertz CT molecular complexity index is 1030. The van der Waals surface area contributed by atoms with Crippen molar-refractivity contribution in [3.8, 4) is 11.1 Å². The van der Waals surface area contributed by atoms with Gasteiger partial charge in [-0.05, 0) is 28.8 Å². The Labute approximate surface area is 167 Å². The predicted octanol–water partition coefficient (Wildman–Crippen LogP) is 5.32. The lowest BCUT2D eigenvalue weighted by atomic mass is 10.1. The summed E-state index contributed by atoms with van der Waals surface area (Å²) in [6, 6.07) is 10.2. The molecule has 2 heterocycles. The van der Waals surface area contributed by atoms with E-state index in [4.69, 9.17) is 4.98 Å². The van der Waals surface area contributed by atoms with E-state index in [0.29, 0.717) is 10.9 Å². The van der Waals surface area contributed by atoms with Crippen LogP contribution in [0.5, 0.6) is 0 Å². The fourth-order valence-corrected chi connectivity index (χ4v) is 5.06. The first-order valence-electron chi connectivity index (χ1n) is 9.46. The second-order valence-electron chi connectivity index (χ2n) is 9.06. The van der Waals surface area contributed by atoms with E-state index < -0.39 is 14.2 Å². The van der Waals surface area contributed by atoms with E-state index in [-0.39, 0.29) is 5.04 Å². The van der Waals surface area contributed by atoms with Crippen LogP contribution in [0.15, 0.2) is 42.7 Å². The van der Waals surface area contributed by atoms with Gasteiger partial charge in [0.2, 0.25) is 0 Å². The lowest BCUT2D eigenvalue weighted by molar-refractivity contribution is 0.0699. The minimum Gasteiger partial charge on any atom is -0.478 e. The molecule has 0 bridgehead atoms. The maximum atomic E-state index is 11.9. The monoisotopic (exact) mass is 395 g/mol. The molecule has 0 saturated heterocycles. The highest BCUT2D eigenvalue weighted by atomic mass is 28.3. The molecular formula is C22H29N3O2Si. The Morgan fingerprint density at radius 2 is 1.71 bits per heavy atom. The summed E-state index contributed by atoms with van der Waals surface area (Å²) in [7, 11) is 2.01. The molecule has 0 saturated carbocycles. The Hall–Kier alpha value is -2.60. The van der Waals surface area contributed by atoms with Gasteiger partial charge in [-0.3, -0.25) is 0 Å². The molecule has 0 fully saturated rings. The summed E-state index contributed by atoms with van der Waals surface area (Å²) in [5, 5.41) is 10.6. The average Bonchev–Trinajstić information content (AvgIpc) is 3.00. The number of carboxylic acids is 1. The van der Waals surface area contributed by atoms with Crippen molar-refractivity contribution in [1.29, 1.82) is 0 Å². The molecule has 0 atom stereocenters. The van der Waals surface area contributed by atoms with Crippen molar-refractivity contribution in [3.63, 3.8) is 0 Å². The minimum atomic E-state index is -2.00. The van der Waals surface area contributed by atoms with E-state index in [1.54, 1.807) is 6.20 Å². The molecule has 2 aromatic heterocycles. The van der Waals surface area contributed by atoms with Crippen LogP contribution in [0.1, 0.15) is 31.1 Å².